The van der Waals surface area contributed by atoms with Crippen molar-refractivity contribution in [2.45, 2.75) is 25.8 Å². The minimum Gasteiger partial charge on any atom is -0.481 e. The molecule has 22 heavy (non-hydrogen) atoms. The van der Waals surface area contributed by atoms with Crippen LogP contribution >= 0.6 is 0 Å². The maximum absolute atomic E-state index is 5.55. The van der Waals surface area contributed by atoms with E-state index in [2.05, 4.69) is 20.0 Å². The second kappa shape index (κ2) is 5.82. The molecule has 1 fully saturated rings. The Morgan fingerprint density at radius 3 is 2.82 bits per heavy atom. The molecule has 0 amide bonds. The fourth-order valence-corrected chi connectivity index (χ4v) is 3.17. The average Bonchev–Trinajstić information content (AvgIpc) is 3.10. The van der Waals surface area contributed by atoms with Crippen molar-refractivity contribution in [2.24, 2.45) is 7.05 Å². The Morgan fingerprint density at radius 2 is 2.09 bits per heavy atom. The maximum Gasteiger partial charge on any atom is 0.229 e. The topological polar surface area (TPSA) is 65.3 Å². The van der Waals surface area contributed by atoms with Gasteiger partial charge in [-0.05, 0) is 19.8 Å². The smallest absolute Gasteiger partial charge is 0.229 e. The molecule has 3 rings (SSSR count). The second-order valence-corrected chi connectivity index (χ2v) is 5.38. The van der Waals surface area contributed by atoms with E-state index in [1.165, 1.54) is 0 Å². The zero-order chi connectivity index (χ0) is 15.7. The first-order chi connectivity index (χ1) is 10.7. The standard InChI is InChI=1S/C15H21N5O2/c1-10-13(14(22-4)19(2)18-10)11-6-5-9-20(11)15-16-8-7-12(17-15)21-3/h7-8,11H,5-6,9H2,1-4H3. The van der Waals surface area contributed by atoms with Gasteiger partial charge in [0.2, 0.25) is 17.7 Å². The number of anilines is 1. The van der Waals surface area contributed by atoms with Gasteiger partial charge in [-0.15, -0.1) is 0 Å². The molecule has 0 bridgehead atoms. The van der Waals surface area contributed by atoms with Gasteiger partial charge in [0.15, 0.2) is 0 Å². The number of hydrogen-bond donors (Lipinski definition) is 0. The van der Waals surface area contributed by atoms with E-state index in [-0.39, 0.29) is 6.04 Å². The fourth-order valence-electron chi connectivity index (χ4n) is 3.17. The Labute approximate surface area is 129 Å². The molecule has 2 aromatic rings. The molecular formula is C15H21N5O2. The molecule has 1 aliphatic heterocycles. The molecule has 118 valence electrons. The van der Waals surface area contributed by atoms with Crippen LogP contribution in [0.4, 0.5) is 5.95 Å². The summed E-state index contributed by atoms with van der Waals surface area (Å²) in [5.41, 5.74) is 2.10. The largest absolute Gasteiger partial charge is 0.481 e. The Bertz CT molecular complexity index is 670. The van der Waals surface area contributed by atoms with E-state index in [0.717, 1.165) is 36.5 Å². The van der Waals surface area contributed by atoms with Gasteiger partial charge >= 0.3 is 0 Å². The van der Waals surface area contributed by atoms with E-state index in [1.807, 2.05) is 14.0 Å². The van der Waals surface area contributed by atoms with Crippen LogP contribution in [0.2, 0.25) is 0 Å². The van der Waals surface area contributed by atoms with Crippen molar-refractivity contribution in [3.05, 3.63) is 23.5 Å². The summed E-state index contributed by atoms with van der Waals surface area (Å²) in [4.78, 5) is 11.1. The van der Waals surface area contributed by atoms with Crippen LogP contribution in [0.3, 0.4) is 0 Å². The van der Waals surface area contributed by atoms with Crippen LogP contribution < -0.4 is 14.4 Å². The highest BCUT2D eigenvalue weighted by Gasteiger charge is 2.33. The molecule has 0 spiro atoms. The molecule has 3 heterocycles. The van der Waals surface area contributed by atoms with Gasteiger partial charge in [0.05, 0.1) is 31.5 Å². The molecule has 2 aromatic heterocycles. The monoisotopic (exact) mass is 303 g/mol. The minimum atomic E-state index is 0.177. The third-order valence-corrected chi connectivity index (χ3v) is 4.08. The lowest BCUT2D eigenvalue weighted by Crippen LogP contribution is -2.25. The summed E-state index contributed by atoms with van der Waals surface area (Å²) in [6.07, 6.45) is 3.84. The normalized spacial score (nSPS) is 17.8. The molecule has 1 atom stereocenters. The summed E-state index contributed by atoms with van der Waals surface area (Å²) in [5.74, 6) is 2.06. The average molecular weight is 303 g/mol. The number of aryl methyl sites for hydroxylation is 2. The van der Waals surface area contributed by atoms with Gasteiger partial charge in [0.25, 0.3) is 0 Å². The van der Waals surface area contributed by atoms with Gasteiger partial charge in [-0.25, -0.2) is 9.67 Å². The summed E-state index contributed by atoms with van der Waals surface area (Å²) in [7, 11) is 5.19. The highest BCUT2D eigenvalue weighted by molar-refractivity contribution is 5.44. The van der Waals surface area contributed by atoms with Crippen LogP contribution in [0.1, 0.15) is 30.1 Å². The Kier molecular flexibility index (Phi) is 3.87. The van der Waals surface area contributed by atoms with Gasteiger partial charge in [-0.3, -0.25) is 0 Å². The molecule has 1 aliphatic rings. The second-order valence-electron chi connectivity index (χ2n) is 5.38. The lowest BCUT2D eigenvalue weighted by atomic mass is 10.1. The summed E-state index contributed by atoms with van der Waals surface area (Å²) < 4.78 is 12.5. The summed E-state index contributed by atoms with van der Waals surface area (Å²) >= 11 is 0. The van der Waals surface area contributed by atoms with E-state index in [9.17, 15) is 0 Å². The zero-order valence-electron chi connectivity index (χ0n) is 13.4. The van der Waals surface area contributed by atoms with Crippen LogP contribution in [0.15, 0.2) is 12.3 Å². The first kappa shape index (κ1) is 14.6. The SMILES string of the molecule is COc1ccnc(N2CCCC2c2c(C)nn(C)c2OC)n1. The van der Waals surface area contributed by atoms with E-state index in [0.29, 0.717) is 11.8 Å². The third-order valence-electron chi connectivity index (χ3n) is 4.08. The first-order valence-corrected chi connectivity index (χ1v) is 7.37. The number of aromatic nitrogens is 4. The van der Waals surface area contributed by atoms with Crippen LogP contribution in [0, 0.1) is 6.92 Å². The molecule has 0 N–H and O–H groups in total. The predicted octanol–water partition coefficient (Wildman–Crippen LogP) is 1.88. The number of hydrogen-bond acceptors (Lipinski definition) is 6. The number of ether oxygens (including phenoxy) is 2. The van der Waals surface area contributed by atoms with Crippen LogP contribution in [-0.2, 0) is 7.05 Å². The van der Waals surface area contributed by atoms with Crippen molar-refractivity contribution >= 4 is 5.95 Å². The molecule has 1 saturated heterocycles. The minimum absolute atomic E-state index is 0.177. The molecule has 0 aromatic carbocycles. The Balaban J connectivity index is 2.00. The molecular weight excluding hydrogens is 282 g/mol. The van der Waals surface area contributed by atoms with Crippen LogP contribution in [0.25, 0.3) is 0 Å². The van der Waals surface area contributed by atoms with Crippen LogP contribution in [0.5, 0.6) is 11.8 Å². The molecule has 0 aliphatic carbocycles. The van der Waals surface area contributed by atoms with Gasteiger partial charge in [-0.1, -0.05) is 0 Å². The number of rotatable bonds is 4. The van der Waals surface area contributed by atoms with E-state index < -0.39 is 0 Å². The van der Waals surface area contributed by atoms with Crippen molar-refractivity contribution in [3.63, 3.8) is 0 Å². The Hall–Kier alpha value is -2.31. The van der Waals surface area contributed by atoms with Crippen molar-refractivity contribution in [3.8, 4) is 11.8 Å². The van der Waals surface area contributed by atoms with E-state index >= 15 is 0 Å². The summed E-state index contributed by atoms with van der Waals surface area (Å²) in [5, 5.41) is 4.49. The molecule has 7 heteroatoms. The highest BCUT2D eigenvalue weighted by Crippen LogP contribution is 2.40. The summed E-state index contributed by atoms with van der Waals surface area (Å²) in [6.45, 7) is 2.93. The number of methoxy groups -OCH3 is 2. The van der Waals surface area contributed by atoms with Crippen molar-refractivity contribution in [1.29, 1.82) is 0 Å². The molecule has 0 radical (unpaired) electrons. The van der Waals surface area contributed by atoms with Crippen molar-refractivity contribution < 1.29 is 9.47 Å². The first-order valence-electron chi connectivity index (χ1n) is 7.37. The van der Waals surface area contributed by atoms with Gasteiger partial charge < -0.3 is 14.4 Å². The predicted molar refractivity (Wildman–Crippen MR) is 82.4 cm³/mol. The van der Waals surface area contributed by atoms with Crippen molar-refractivity contribution in [1.82, 2.24) is 19.7 Å². The van der Waals surface area contributed by atoms with Gasteiger partial charge in [0, 0.05) is 25.9 Å². The molecule has 7 nitrogen and oxygen atoms in total. The maximum atomic E-state index is 5.55. The third kappa shape index (κ3) is 2.36. The van der Waals surface area contributed by atoms with Crippen LogP contribution in [-0.4, -0.2) is 40.5 Å². The Morgan fingerprint density at radius 1 is 1.27 bits per heavy atom. The van der Waals surface area contributed by atoms with Gasteiger partial charge in [-0.2, -0.15) is 10.1 Å². The zero-order valence-corrected chi connectivity index (χ0v) is 13.4. The highest BCUT2D eigenvalue weighted by atomic mass is 16.5. The van der Waals surface area contributed by atoms with E-state index in [4.69, 9.17) is 9.47 Å². The van der Waals surface area contributed by atoms with Gasteiger partial charge in [0.1, 0.15) is 0 Å². The molecule has 0 saturated carbocycles. The number of nitrogens with zero attached hydrogens (tertiary/aromatic N) is 5. The fraction of sp³-hybridized carbons (Fsp3) is 0.533. The van der Waals surface area contributed by atoms with Crippen molar-refractivity contribution in [2.75, 3.05) is 25.7 Å². The lowest BCUT2D eigenvalue weighted by Gasteiger charge is -2.25. The molecule has 1 unspecified atom stereocenters. The summed E-state index contributed by atoms with van der Waals surface area (Å²) in [6, 6.07) is 1.93. The quantitative estimate of drug-likeness (QED) is 0.859. The van der Waals surface area contributed by atoms with E-state index in [1.54, 1.807) is 31.2 Å². The lowest BCUT2D eigenvalue weighted by molar-refractivity contribution is 0.366.